The number of H-pyrrole nitrogens is 1. The first-order valence-corrected chi connectivity index (χ1v) is 16.8. The Morgan fingerprint density at radius 3 is 2.22 bits per heavy atom. The second-order valence-corrected chi connectivity index (χ2v) is 16.2. The monoisotopic (exact) mass is 702 g/mol. The first kappa shape index (κ1) is 39.1. The van der Waals surface area contributed by atoms with Gasteiger partial charge < -0.3 is 39.3 Å². The molecule has 0 saturated carbocycles. The Kier molecular flexibility index (Phi) is 10.2. The summed E-state index contributed by atoms with van der Waals surface area (Å²) in [6.07, 6.45) is -0.512. The summed E-state index contributed by atoms with van der Waals surface area (Å²) in [6, 6.07) is 4.73. The van der Waals surface area contributed by atoms with Gasteiger partial charge >= 0.3 is 12.2 Å². The molecule has 0 spiro atoms. The molecule has 2 saturated heterocycles. The minimum Gasteiger partial charge on any atom is -0.481 e. The Morgan fingerprint density at radius 1 is 1.08 bits per heavy atom. The van der Waals surface area contributed by atoms with Gasteiger partial charge in [0.05, 0.1) is 26.9 Å². The molecule has 2 aliphatic rings. The number of nitrogens with zero attached hydrogens (tertiary/aromatic N) is 3. The van der Waals surface area contributed by atoms with E-state index >= 15 is 0 Å². The van der Waals surface area contributed by atoms with Gasteiger partial charge in [0.15, 0.2) is 0 Å². The summed E-state index contributed by atoms with van der Waals surface area (Å²) in [7, 11) is 1.45. The number of aromatic amines is 1. The molecule has 50 heavy (non-hydrogen) atoms. The molecule has 278 valence electrons. The molecule has 2 aromatic heterocycles. The van der Waals surface area contributed by atoms with E-state index in [0.29, 0.717) is 16.7 Å². The maximum atomic E-state index is 14.9. The van der Waals surface area contributed by atoms with Gasteiger partial charge in [-0.05, 0) is 76.6 Å². The van der Waals surface area contributed by atoms with Gasteiger partial charge in [0.2, 0.25) is 11.4 Å². The van der Waals surface area contributed by atoms with Gasteiger partial charge in [-0.3, -0.25) is 14.6 Å². The van der Waals surface area contributed by atoms with E-state index < -0.39 is 82.4 Å². The van der Waals surface area contributed by atoms with Crippen molar-refractivity contribution in [3.05, 3.63) is 57.6 Å². The number of rotatable bonds is 8. The second-order valence-electron chi connectivity index (χ2n) is 16.2. The third kappa shape index (κ3) is 6.24. The predicted molar refractivity (Wildman–Crippen MR) is 184 cm³/mol. The highest BCUT2D eigenvalue weighted by Crippen LogP contribution is 2.65. The van der Waals surface area contributed by atoms with E-state index in [1.54, 1.807) is 67.5 Å². The molecular weight excluding hydrogens is 648 g/mol. The van der Waals surface area contributed by atoms with Crippen LogP contribution in [0.3, 0.4) is 0 Å². The zero-order chi connectivity index (χ0) is 37.8. The molecule has 0 aliphatic carbocycles. The fraction of sp³-hybridized carbons (Fsp3) is 0.667. The number of hydrogen-bond donors (Lipinski definition) is 4. The van der Waals surface area contributed by atoms with E-state index in [1.165, 1.54) is 35.4 Å². The predicted octanol–water partition coefficient (Wildman–Crippen LogP) is 4.79. The summed E-state index contributed by atoms with van der Waals surface area (Å²) < 4.78 is 24.9. The summed E-state index contributed by atoms with van der Waals surface area (Å²) in [4.78, 5) is 51.5. The number of ether oxygens (including phenoxy) is 4. The summed E-state index contributed by atoms with van der Waals surface area (Å²) in [5.74, 6) is -1.65. The lowest BCUT2D eigenvalue weighted by Crippen LogP contribution is -2.81. The Morgan fingerprint density at radius 2 is 1.72 bits per heavy atom. The van der Waals surface area contributed by atoms with Crippen molar-refractivity contribution in [2.24, 2.45) is 5.41 Å². The van der Waals surface area contributed by atoms with E-state index in [9.17, 15) is 29.7 Å². The fourth-order valence-corrected chi connectivity index (χ4v) is 8.71. The third-order valence-corrected chi connectivity index (χ3v) is 10.0. The molecule has 5 atom stereocenters. The van der Waals surface area contributed by atoms with Gasteiger partial charge in [-0.1, -0.05) is 27.7 Å². The average Bonchev–Trinajstić information content (AvgIpc) is 3.42. The summed E-state index contributed by atoms with van der Waals surface area (Å²) in [5.41, 5.74) is -7.71. The zero-order valence-electron chi connectivity index (χ0n) is 31.3. The number of pyridine rings is 2. The second kappa shape index (κ2) is 13.1. The molecule has 4 rings (SSSR count). The first-order valence-electron chi connectivity index (χ1n) is 16.8. The van der Waals surface area contributed by atoms with Crippen LogP contribution in [0.1, 0.15) is 105 Å². The quantitative estimate of drug-likeness (QED) is 0.297. The molecular formula is C36H54N4O10. The summed E-state index contributed by atoms with van der Waals surface area (Å²) in [6.45, 7) is 17.9. The Bertz CT molecular complexity index is 1640. The molecule has 0 radical (unpaired) electrons. The number of amides is 2. The highest BCUT2D eigenvalue weighted by Gasteiger charge is 2.80. The minimum atomic E-state index is -1.88. The molecule has 0 bridgehead atoms. The van der Waals surface area contributed by atoms with Crippen LogP contribution in [-0.2, 0) is 20.8 Å². The van der Waals surface area contributed by atoms with Crippen LogP contribution in [0.2, 0.25) is 0 Å². The molecule has 14 heteroatoms. The van der Waals surface area contributed by atoms with Crippen LogP contribution in [0.25, 0.3) is 0 Å². The van der Waals surface area contributed by atoms with E-state index in [2.05, 4.69) is 9.97 Å². The lowest BCUT2D eigenvalue weighted by atomic mass is 9.52. The van der Waals surface area contributed by atoms with E-state index in [-0.39, 0.29) is 12.5 Å². The number of nitrogens with one attached hydrogen (secondary N) is 1. The molecule has 2 aromatic rings. The average molecular weight is 703 g/mol. The first-order chi connectivity index (χ1) is 23.0. The number of methoxy groups -OCH3 is 1. The van der Waals surface area contributed by atoms with Gasteiger partial charge in [0, 0.05) is 36.4 Å². The molecule has 2 unspecified atom stereocenters. The van der Waals surface area contributed by atoms with E-state index in [4.69, 9.17) is 18.9 Å². The Balaban J connectivity index is 2.38. The van der Waals surface area contributed by atoms with Crippen LogP contribution in [-0.4, -0.2) is 102 Å². The summed E-state index contributed by atoms with van der Waals surface area (Å²) >= 11 is 0. The third-order valence-electron chi connectivity index (χ3n) is 10.0. The van der Waals surface area contributed by atoms with Crippen LogP contribution < -0.4 is 10.3 Å². The fourth-order valence-electron chi connectivity index (χ4n) is 8.71. The molecule has 14 nitrogen and oxygen atoms in total. The number of hydrogen-bond acceptors (Lipinski definition) is 10. The molecule has 2 amide bonds. The van der Waals surface area contributed by atoms with Gasteiger partial charge in [-0.25, -0.2) is 14.6 Å². The number of carbonyl (C=O) groups excluding carboxylic acids is 1. The number of aliphatic hydroxyl groups is 2. The lowest BCUT2D eigenvalue weighted by Gasteiger charge is -2.63. The van der Waals surface area contributed by atoms with E-state index in [0.717, 1.165) is 0 Å². The lowest BCUT2D eigenvalue weighted by molar-refractivity contribution is -0.117. The highest BCUT2D eigenvalue weighted by atomic mass is 16.6. The smallest absolute Gasteiger partial charge is 0.413 e. The molecule has 4 N–H and O–H groups in total. The Labute approximate surface area is 293 Å². The number of carboxylic acid groups (broad SMARTS) is 1. The SMILES string of the molecule is COc1cc(C(C(C)(C)C)[C@]2([C@]3(C(C)c4cc[nH]c(=O)c4)[C@@H](CO)OC(C)(C)N3C(=O)OC(C)(C)C)COC(C)(C)N2C(=O)O)c(CO)cn1. The maximum Gasteiger partial charge on any atom is 0.413 e. The van der Waals surface area contributed by atoms with Gasteiger partial charge in [0.25, 0.3) is 0 Å². The highest BCUT2D eigenvalue weighted by molar-refractivity contribution is 5.74. The molecule has 0 aromatic carbocycles. The van der Waals surface area contributed by atoms with Crippen LogP contribution in [0.5, 0.6) is 5.88 Å². The van der Waals surface area contributed by atoms with Crippen LogP contribution in [0.4, 0.5) is 9.59 Å². The number of carbonyl (C=O) groups is 2. The van der Waals surface area contributed by atoms with Crippen molar-refractivity contribution in [1.82, 2.24) is 19.8 Å². The van der Waals surface area contributed by atoms with Crippen molar-refractivity contribution in [2.45, 2.75) is 129 Å². The molecule has 2 fully saturated rings. The van der Waals surface area contributed by atoms with Crippen LogP contribution in [0.15, 0.2) is 35.4 Å². The van der Waals surface area contributed by atoms with Crippen LogP contribution in [0, 0.1) is 5.41 Å². The number of aromatic nitrogens is 2. The topological polar surface area (TPSA) is 184 Å². The molecule has 4 heterocycles. The van der Waals surface area contributed by atoms with Gasteiger partial charge in [-0.15, -0.1) is 0 Å². The van der Waals surface area contributed by atoms with Gasteiger partial charge in [-0.2, -0.15) is 0 Å². The van der Waals surface area contributed by atoms with Crippen LogP contribution >= 0.6 is 0 Å². The van der Waals surface area contributed by atoms with Gasteiger partial charge in [0.1, 0.15) is 34.2 Å². The van der Waals surface area contributed by atoms with E-state index in [1.807, 2.05) is 20.8 Å². The van der Waals surface area contributed by atoms with Crippen molar-refractivity contribution >= 4 is 12.2 Å². The maximum absolute atomic E-state index is 14.9. The largest absolute Gasteiger partial charge is 0.481 e. The van der Waals surface area contributed by atoms with Crippen molar-refractivity contribution in [3.8, 4) is 5.88 Å². The Hall–Kier alpha value is -3.72. The zero-order valence-corrected chi connectivity index (χ0v) is 31.3. The number of aliphatic hydroxyl groups excluding tert-OH is 2. The standard InChI is InChI=1S/C36H54N4O10/c1-21(22-13-14-37-26(43)15-22)36(25(19-42)49-34(10,11)40(36)30(46)50-32(5,6)7)35(20-48-33(8,9)39(35)29(44)45)28(31(2,3)4)24-16-27(47-12)38-17-23(24)18-41/h13-17,21,25,28,41-42H,18-20H2,1-12H3,(H,37,43)(H,44,45)/t21?,25-,28?,35+,36+/m1/s1. The van der Waals surface area contributed by atoms with Crippen molar-refractivity contribution in [1.29, 1.82) is 0 Å². The minimum absolute atomic E-state index is 0.212. The van der Waals surface area contributed by atoms with Crippen molar-refractivity contribution < 1.29 is 43.9 Å². The molecule has 2 aliphatic heterocycles. The van der Waals surface area contributed by atoms with Crippen molar-refractivity contribution in [3.63, 3.8) is 0 Å². The summed E-state index contributed by atoms with van der Waals surface area (Å²) in [5, 5.41) is 33.6. The normalized spacial score (nSPS) is 26.1. The van der Waals surface area contributed by atoms with Crippen molar-refractivity contribution in [2.75, 3.05) is 20.3 Å².